The number of fused-ring (bicyclic) bond motifs is 18. The van der Waals surface area contributed by atoms with Gasteiger partial charge in [0.15, 0.2) is 0 Å². The van der Waals surface area contributed by atoms with Crippen LogP contribution in [0.1, 0.15) is 101 Å². The van der Waals surface area contributed by atoms with Gasteiger partial charge in [0.05, 0.1) is 0 Å². The van der Waals surface area contributed by atoms with Crippen molar-refractivity contribution >= 4 is 133 Å². The molecule has 0 saturated carbocycles. The van der Waals surface area contributed by atoms with Gasteiger partial charge in [0.2, 0.25) is 0 Å². The van der Waals surface area contributed by atoms with E-state index >= 15 is 0 Å². The summed E-state index contributed by atoms with van der Waals surface area (Å²) in [6.45, 7) is 18.2. The smallest absolute Gasteiger partial charge is 0.123 e. The lowest BCUT2D eigenvalue weighted by Gasteiger charge is -2.28. The van der Waals surface area contributed by atoms with E-state index in [1.165, 1.54) is 153 Å². The van der Waals surface area contributed by atoms with Gasteiger partial charge in [0.25, 0.3) is 0 Å². The van der Waals surface area contributed by atoms with Crippen molar-refractivity contribution in [3.63, 3.8) is 0 Å². The predicted octanol–water partition coefficient (Wildman–Crippen LogP) is 31.6. The fourth-order valence-corrected chi connectivity index (χ4v) is 18.4. The van der Waals surface area contributed by atoms with Crippen LogP contribution in [0.5, 0.6) is 0 Å². The van der Waals surface area contributed by atoms with Gasteiger partial charge in [0.1, 0.15) is 23.3 Å². The second kappa shape index (κ2) is 28.8. The molecule has 2 aliphatic carbocycles. The van der Waals surface area contributed by atoms with Crippen LogP contribution < -0.4 is 19.6 Å². The van der Waals surface area contributed by atoms with Crippen molar-refractivity contribution in [2.45, 2.75) is 78.1 Å². The number of hydrogen-bond acceptors (Lipinski definition) is 4. The molecule has 18 aromatic rings. The normalized spacial score (nSPS) is 12.9. The van der Waals surface area contributed by atoms with E-state index in [-0.39, 0.29) is 34.1 Å². The number of para-hydroxylation sites is 2. The maximum atomic E-state index is 14.3. The van der Waals surface area contributed by atoms with Crippen LogP contribution in [0, 0.1) is 23.3 Å². The molecule has 20 rings (SSSR count). The van der Waals surface area contributed by atoms with Gasteiger partial charge >= 0.3 is 0 Å². The van der Waals surface area contributed by atoms with E-state index < -0.39 is 0 Å². The van der Waals surface area contributed by atoms with Gasteiger partial charge in [0, 0.05) is 79.1 Å². The SMILES string of the molecule is CC(C)c1ccc(N(c2ccc(F)cc2)c2ccc3cc4c(cc3c2)C(C)(C)c2c-4c3ccccc3c3cc(N(c4ccc(F)cc4)c4ccc(C(C)C)cc4)ccc23)cc1.CC1(C)c2cc3cc(N(c4ccccc4)c4ccc(F)cc4)ccc3cc2-c2c1c1ccc(N(c3ccccc3)c3ccc(F)cc3)cc1c1ccccc21. The topological polar surface area (TPSA) is 13.0 Å². The van der Waals surface area contributed by atoms with Gasteiger partial charge in [-0.2, -0.15) is 0 Å². The quantitative estimate of drug-likeness (QED) is 0.0795. The Balaban J connectivity index is 0.000000156. The monoisotopic (exact) mass is 1510 g/mol. The maximum Gasteiger partial charge on any atom is 0.123 e. The molecule has 116 heavy (non-hydrogen) atoms. The molecule has 0 unspecified atom stereocenters. The lowest BCUT2D eigenvalue weighted by atomic mass is 9.79. The van der Waals surface area contributed by atoms with Crippen molar-refractivity contribution in [1.82, 2.24) is 0 Å². The highest BCUT2D eigenvalue weighted by Gasteiger charge is 2.41. The second-order valence-corrected chi connectivity index (χ2v) is 32.6. The molecule has 0 bridgehead atoms. The fraction of sp³-hybridized carbons (Fsp3) is 0.111. The zero-order valence-corrected chi connectivity index (χ0v) is 65.9. The predicted molar refractivity (Wildman–Crippen MR) is 480 cm³/mol. The number of benzene rings is 18. The minimum Gasteiger partial charge on any atom is -0.310 e. The van der Waals surface area contributed by atoms with Crippen LogP contribution in [0.2, 0.25) is 0 Å². The first-order valence-electron chi connectivity index (χ1n) is 40.0. The first-order chi connectivity index (χ1) is 56.3. The Morgan fingerprint density at radius 3 is 0.784 bits per heavy atom. The first-order valence-corrected chi connectivity index (χ1v) is 40.0. The van der Waals surface area contributed by atoms with E-state index in [9.17, 15) is 17.6 Å². The molecule has 0 aromatic heterocycles. The van der Waals surface area contributed by atoms with Crippen molar-refractivity contribution in [1.29, 1.82) is 0 Å². The third kappa shape index (κ3) is 12.6. The largest absolute Gasteiger partial charge is 0.310 e. The molecule has 0 N–H and O–H groups in total. The van der Waals surface area contributed by atoms with E-state index in [0.29, 0.717) is 11.8 Å². The molecule has 0 amide bonds. The van der Waals surface area contributed by atoms with Crippen molar-refractivity contribution < 1.29 is 17.6 Å². The van der Waals surface area contributed by atoms with Gasteiger partial charge in [-0.3, -0.25) is 0 Å². The Kier molecular flexibility index (Phi) is 18.1. The van der Waals surface area contributed by atoms with Crippen molar-refractivity contribution in [3.05, 3.63) is 408 Å². The highest BCUT2D eigenvalue weighted by molar-refractivity contribution is 6.21. The Hall–Kier alpha value is -13.6. The summed E-state index contributed by atoms with van der Waals surface area (Å²) < 4.78 is 56.7. The minimum atomic E-state index is -0.314. The minimum absolute atomic E-state index is 0.257. The van der Waals surface area contributed by atoms with Crippen molar-refractivity contribution in [2.24, 2.45) is 0 Å². The molecule has 0 saturated heterocycles. The molecule has 564 valence electrons. The number of halogens is 4. The second-order valence-electron chi connectivity index (χ2n) is 32.6. The Morgan fingerprint density at radius 1 is 0.216 bits per heavy atom. The summed E-state index contributed by atoms with van der Waals surface area (Å²) in [6, 6.07) is 119. The number of anilines is 12. The third-order valence-electron chi connectivity index (χ3n) is 24.1. The number of rotatable bonds is 14. The highest BCUT2D eigenvalue weighted by atomic mass is 19.1. The lowest BCUT2D eigenvalue weighted by molar-refractivity contribution is 0.627. The van der Waals surface area contributed by atoms with Crippen LogP contribution in [0.4, 0.5) is 85.8 Å². The maximum absolute atomic E-state index is 14.3. The summed E-state index contributed by atoms with van der Waals surface area (Å²) in [6.07, 6.45) is 0. The van der Waals surface area contributed by atoms with E-state index in [2.05, 4.69) is 293 Å². The molecule has 18 aromatic carbocycles. The van der Waals surface area contributed by atoms with Crippen LogP contribution in [0.15, 0.2) is 352 Å². The van der Waals surface area contributed by atoms with Gasteiger partial charge < -0.3 is 19.6 Å². The molecule has 4 nitrogen and oxygen atoms in total. The fourth-order valence-electron chi connectivity index (χ4n) is 18.4. The molecule has 0 aliphatic heterocycles. The molecule has 8 heteroatoms. The van der Waals surface area contributed by atoms with Crippen LogP contribution in [0.3, 0.4) is 0 Å². The summed E-state index contributed by atoms with van der Waals surface area (Å²) >= 11 is 0. The van der Waals surface area contributed by atoms with E-state index in [4.69, 9.17) is 0 Å². The zero-order valence-electron chi connectivity index (χ0n) is 65.9. The summed E-state index contributed by atoms with van der Waals surface area (Å²) in [5.41, 5.74) is 23.9. The Morgan fingerprint density at radius 2 is 0.474 bits per heavy atom. The van der Waals surface area contributed by atoms with Gasteiger partial charge in [-0.1, -0.05) is 189 Å². The van der Waals surface area contributed by atoms with Crippen LogP contribution in [-0.4, -0.2) is 0 Å². The first kappa shape index (κ1) is 72.7. The van der Waals surface area contributed by atoms with E-state index in [1.54, 1.807) is 0 Å². The summed E-state index contributed by atoms with van der Waals surface area (Å²) in [4.78, 5) is 8.80. The third-order valence-corrected chi connectivity index (χ3v) is 24.1. The Bertz CT molecular complexity index is 6840. The average Bonchev–Trinajstić information content (AvgIpc) is 1.54. The molecule has 2 aliphatic rings. The van der Waals surface area contributed by atoms with Crippen LogP contribution >= 0.6 is 0 Å². The van der Waals surface area contributed by atoms with Gasteiger partial charge in [-0.05, 0) is 350 Å². The van der Waals surface area contributed by atoms with Crippen molar-refractivity contribution in [2.75, 3.05) is 19.6 Å². The van der Waals surface area contributed by atoms with Crippen LogP contribution in [0.25, 0.3) is 86.9 Å². The van der Waals surface area contributed by atoms with Crippen LogP contribution in [-0.2, 0) is 10.8 Å². The molecule has 0 heterocycles. The summed E-state index contributed by atoms with van der Waals surface area (Å²) in [5.74, 6) is -0.199. The molecule has 0 atom stereocenters. The molecule has 0 spiro atoms. The summed E-state index contributed by atoms with van der Waals surface area (Å²) in [7, 11) is 0. The Labute approximate surface area is 674 Å². The number of hydrogen-bond donors (Lipinski definition) is 0. The van der Waals surface area contributed by atoms with Gasteiger partial charge in [-0.25, -0.2) is 17.6 Å². The van der Waals surface area contributed by atoms with Gasteiger partial charge in [-0.15, -0.1) is 0 Å². The molecule has 0 fully saturated rings. The average molecular weight is 1510 g/mol. The summed E-state index contributed by atoms with van der Waals surface area (Å²) in [5, 5.41) is 14.3. The molecule has 0 radical (unpaired) electrons. The number of nitrogens with zero attached hydrogens (tertiary/aromatic N) is 4. The lowest BCUT2D eigenvalue weighted by Crippen LogP contribution is -2.16. The van der Waals surface area contributed by atoms with E-state index in [1.807, 2.05) is 84.9 Å². The standard InChI is InChI=1S/C57H48F2N2.C51H36F2N2/c1-35(2)37-11-20-43(21-12-37)60(45-25-16-41(58)17-26-45)47-24-15-39-32-53-54(33-40(39)31-47)57(5,6)56-51-30-29-48(34-52(51)49-9-7-8-10-50(49)55(53)56)61(46-27-18-42(59)19-28-46)44-22-13-38(14-23-44)36(3)4;1-51(2)48-31-34-29-41(54(37-11-5-3-6-12-37)39-23-18-35(52)19-24-39)22-17-33(34)30-47(48)49-44-16-10-9-15-43(44)46-32-42(27-28-45(46)50(49)51)55(38-13-7-4-8-14-38)40-25-20-36(53)21-26-40/h7-36H,1-6H3;3-32H,1-2H3. The molecular weight excluding hydrogens is 1430 g/mol. The van der Waals surface area contributed by atoms with Crippen molar-refractivity contribution in [3.8, 4) is 22.3 Å². The van der Waals surface area contributed by atoms with E-state index in [0.717, 1.165) is 84.4 Å². The molecular formula is C108H84F4N4. The zero-order chi connectivity index (χ0) is 79.4. The highest BCUT2D eigenvalue weighted by Crippen LogP contribution is 2.59.